The van der Waals surface area contributed by atoms with Crippen LogP contribution in [0.15, 0.2) is 46.6 Å². The lowest BCUT2D eigenvalue weighted by Gasteiger charge is -2.06. The Morgan fingerprint density at radius 1 is 0.947 bits per heavy atom. The summed E-state index contributed by atoms with van der Waals surface area (Å²) >= 11 is 0. The van der Waals surface area contributed by atoms with Crippen LogP contribution in [0, 0.1) is 6.92 Å². The van der Waals surface area contributed by atoms with Gasteiger partial charge in [0.2, 0.25) is 0 Å². The zero-order chi connectivity index (χ0) is 13.8. The number of rotatable bonds is 3. The fraction of sp³-hybridized carbons (Fsp3) is 0.200. The molecule has 0 aliphatic heterocycles. The van der Waals surface area contributed by atoms with Gasteiger partial charge in [-0.2, -0.15) is 5.11 Å². The summed E-state index contributed by atoms with van der Waals surface area (Å²) in [5, 5.41) is 27.7. The maximum absolute atomic E-state index is 9.98. The van der Waals surface area contributed by atoms with Crippen molar-refractivity contribution in [1.82, 2.24) is 0 Å². The van der Waals surface area contributed by atoms with Crippen molar-refractivity contribution in [2.24, 2.45) is 10.2 Å². The van der Waals surface area contributed by atoms with Crippen LogP contribution in [-0.4, -0.2) is 10.2 Å². The van der Waals surface area contributed by atoms with Gasteiger partial charge in [0.25, 0.3) is 0 Å². The molecule has 0 aliphatic rings. The van der Waals surface area contributed by atoms with Crippen LogP contribution in [0.1, 0.15) is 18.1 Å². The first kappa shape index (κ1) is 13.1. The van der Waals surface area contributed by atoms with E-state index < -0.39 is 0 Å². The second-order valence-electron chi connectivity index (χ2n) is 4.32. The number of nitrogens with zero attached hydrogens (tertiary/aromatic N) is 2. The van der Waals surface area contributed by atoms with Crippen molar-refractivity contribution < 1.29 is 10.2 Å². The van der Waals surface area contributed by atoms with Gasteiger partial charge in [-0.05, 0) is 37.6 Å². The zero-order valence-corrected chi connectivity index (χ0v) is 11.0. The second-order valence-corrected chi connectivity index (χ2v) is 4.32. The summed E-state index contributed by atoms with van der Waals surface area (Å²) in [7, 11) is 0. The Balaban J connectivity index is 2.31. The van der Waals surface area contributed by atoms with Gasteiger partial charge in [-0.15, -0.1) is 5.11 Å². The second kappa shape index (κ2) is 5.52. The van der Waals surface area contributed by atoms with Crippen LogP contribution in [-0.2, 0) is 6.42 Å². The van der Waals surface area contributed by atoms with Crippen LogP contribution < -0.4 is 0 Å². The minimum Gasteiger partial charge on any atom is -0.508 e. The molecule has 4 heteroatoms. The molecule has 19 heavy (non-hydrogen) atoms. The highest BCUT2D eigenvalue weighted by Gasteiger charge is 2.10. The van der Waals surface area contributed by atoms with Crippen LogP contribution in [0.2, 0.25) is 0 Å². The normalized spacial score (nSPS) is 11.1. The highest BCUT2D eigenvalue weighted by Crippen LogP contribution is 2.37. The molecule has 2 aromatic rings. The molecule has 2 rings (SSSR count). The zero-order valence-electron chi connectivity index (χ0n) is 11.0. The molecule has 0 fully saturated rings. The first-order valence-electron chi connectivity index (χ1n) is 6.14. The predicted octanol–water partition coefficient (Wildman–Crippen LogP) is 4.38. The van der Waals surface area contributed by atoms with E-state index in [9.17, 15) is 10.2 Å². The Hall–Kier alpha value is -2.36. The van der Waals surface area contributed by atoms with Gasteiger partial charge < -0.3 is 10.2 Å². The molecule has 0 atom stereocenters. The third kappa shape index (κ3) is 2.91. The minimum atomic E-state index is -0.0154. The van der Waals surface area contributed by atoms with Gasteiger partial charge in [0.1, 0.15) is 17.2 Å². The lowest BCUT2D eigenvalue weighted by molar-refractivity contribution is 0.440. The molecule has 2 N–H and O–H groups in total. The van der Waals surface area contributed by atoms with Crippen LogP contribution in [0.3, 0.4) is 0 Å². The molecule has 0 saturated carbocycles. The highest BCUT2D eigenvalue weighted by molar-refractivity contribution is 5.59. The van der Waals surface area contributed by atoms with Crippen LogP contribution in [0.25, 0.3) is 0 Å². The number of aromatic hydroxyl groups is 2. The monoisotopic (exact) mass is 256 g/mol. The number of hydrogen-bond donors (Lipinski definition) is 2. The minimum absolute atomic E-state index is 0.0154. The summed E-state index contributed by atoms with van der Waals surface area (Å²) in [6, 6.07) is 10.7. The van der Waals surface area contributed by atoms with Crippen molar-refractivity contribution in [2.75, 3.05) is 0 Å². The van der Waals surface area contributed by atoms with Crippen LogP contribution in [0.5, 0.6) is 11.5 Å². The summed E-state index contributed by atoms with van der Waals surface area (Å²) in [6.45, 7) is 3.86. The number of phenols is 2. The van der Waals surface area contributed by atoms with Gasteiger partial charge in [0, 0.05) is 5.56 Å². The quantitative estimate of drug-likeness (QED) is 0.800. The van der Waals surface area contributed by atoms with Crippen LogP contribution >= 0.6 is 0 Å². The van der Waals surface area contributed by atoms with Crippen molar-refractivity contribution in [1.29, 1.82) is 0 Å². The number of aryl methyl sites for hydroxylation is 1. The molecule has 0 amide bonds. The Kier molecular flexibility index (Phi) is 3.80. The van der Waals surface area contributed by atoms with Gasteiger partial charge >= 0.3 is 0 Å². The molecule has 0 unspecified atom stereocenters. The van der Waals surface area contributed by atoms with Crippen LogP contribution in [0.4, 0.5) is 11.4 Å². The molecular weight excluding hydrogens is 240 g/mol. The molecule has 0 bridgehead atoms. The van der Waals surface area contributed by atoms with Gasteiger partial charge in [0.05, 0.1) is 5.69 Å². The Labute approximate surface area is 112 Å². The Bertz CT molecular complexity index is 604. The van der Waals surface area contributed by atoms with E-state index in [0.717, 1.165) is 11.3 Å². The van der Waals surface area contributed by atoms with E-state index in [-0.39, 0.29) is 11.5 Å². The Morgan fingerprint density at radius 3 is 2.26 bits per heavy atom. The number of hydrogen-bond acceptors (Lipinski definition) is 4. The average molecular weight is 256 g/mol. The largest absolute Gasteiger partial charge is 0.508 e. The van der Waals surface area contributed by atoms with Gasteiger partial charge in [-0.25, -0.2) is 0 Å². The van der Waals surface area contributed by atoms with E-state index in [2.05, 4.69) is 10.2 Å². The van der Waals surface area contributed by atoms with E-state index in [4.69, 9.17) is 0 Å². The molecule has 0 radical (unpaired) electrons. The van der Waals surface area contributed by atoms with Gasteiger partial charge in [-0.3, -0.25) is 0 Å². The molecule has 0 heterocycles. The van der Waals surface area contributed by atoms with E-state index in [1.165, 1.54) is 6.07 Å². The lowest BCUT2D eigenvalue weighted by Crippen LogP contribution is -1.83. The van der Waals surface area contributed by atoms with Gasteiger partial charge in [0.15, 0.2) is 0 Å². The van der Waals surface area contributed by atoms with Crippen molar-refractivity contribution >= 4 is 11.4 Å². The first-order valence-corrected chi connectivity index (χ1v) is 6.14. The summed E-state index contributed by atoms with van der Waals surface area (Å²) in [5.41, 5.74) is 2.71. The van der Waals surface area contributed by atoms with Crippen molar-refractivity contribution in [3.63, 3.8) is 0 Å². The molecule has 0 saturated heterocycles. The number of azo groups is 1. The smallest absolute Gasteiger partial charge is 0.149 e. The van der Waals surface area contributed by atoms with Crippen molar-refractivity contribution in [3.8, 4) is 11.5 Å². The SMILES string of the molecule is CCc1c(O)ccc(N=Nc2ccc(C)cc2)c1O. The first-order chi connectivity index (χ1) is 9.11. The molecule has 0 spiro atoms. The lowest BCUT2D eigenvalue weighted by atomic mass is 10.1. The highest BCUT2D eigenvalue weighted by atomic mass is 16.3. The van der Waals surface area contributed by atoms with E-state index in [1.54, 1.807) is 6.07 Å². The summed E-state index contributed by atoms with van der Waals surface area (Å²) in [4.78, 5) is 0. The summed E-state index contributed by atoms with van der Waals surface area (Å²) < 4.78 is 0. The number of phenolic OH excluding ortho intramolecular Hbond substituents is 2. The van der Waals surface area contributed by atoms with E-state index in [1.807, 2.05) is 38.1 Å². The molecule has 4 nitrogen and oxygen atoms in total. The predicted molar refractivity (Wildman–Crippen MR) is 74.5 cm³/mol. The van der Waals surface area contributed by atoms with E-state index in [0.29, 0.717) is 17.7 Å². The molecular formula is C15H16N2O2. The molecule has 0 aliphatic carbocycles. The summed E-state index contributed by atoms with van der Waals surface area (Å²) in [5.74, 6) is 0.0626. The molecule has 0 aromatic heterocycles. The van der Waals surface area contributed by atoms with Crippen molar-refractivity contribution in [3.05, 3.63) is 47.5 Å². The third-order valence-electron chi connectivity index (χ3n) is 2.90. The molecule has 98 valence electrons. The maximum Gasteiger partial charge on any atom is 0.149 e. The standard InChI is InChI=1S/C15H16N2O2/c1-3-12-14(18)9-8-13(15(12)19)17-16-11-6-4-10(2)5-7-11/h4-9,18-19H,3H2,1-2H3. The Morgan fingerprint density at radius 2 is 1.63 bits per heavy atom. The average Bonchev–Trinajstić information content (AvgIpc) is 2.40. The maximum atomic E-state index is 9.98. The van der Waals surface area contributed by atoms with Crippen molar-refractivity contribution in [2.45, 2.75) is 20.3 Å². The topological polar surface area (TPSA) is 65.2 Å². The number of benzene rings is 2. The molecule has 2 aromatic carbocycles. The summed E-state index contributed by atoms with van der Waals surface area (Å²) in [6.07, 6.45) is 0.533. The van der Waals surface area contributed by atoms with E-state index >= 15 is 0 Å². The third-order valence-corrected chi connectivity index (χ3v) is 2.90. The van der Waals surface area contributed by atoms with Gasteiger partial charge in [-0.1, -0.05) is 24.6 Å². The fourth-order valence-corrected chi connectivity index (χ4v) is 1.77. The fourth-order valence-electron chi connectivity index (χ4n) is 1.77.